The Morgan fingerprint density at radius 1 is 1.04 bits per heavy atom. The van der Waals surface area contributed by atoms with Gasteiger partial charge in [0.15, 0.2) is 0 Å². The minimum absolute atomic E-state index is 0. The Balaban J connectivity index is 0.00000312. The fraction of sp³-hybridized carbons (Fsp3) is 0.294. The Morgan fingerprint density at radius 3 is 2.19 bits per heavy atom. The third kappa shape index (κ3) is 6.82. The van der Waals surface area contributed by atoms with Crippen molar-refractivity contribution in [2.45, 2.75) is 12.6 Å². The van der Waals surface area contributed by atoms with Gasteiger partial charge in [-0.3, -0.25) is 9.78 Å². The number of hydrogen-bond acceptors (Lipinski definition) is 3. The van der Waals surface area contributed by atoms with Crippen LogP contribution in [0, 0.1) is 0 Å². The first kappa shape index (κ1) is 24.2. The van der Waals surface area contributed by atoms with Gasteiger partial charge < -0.3 is 10.6 Å². The van der Waals surface area contributed by atoms with E-state index in [-0.39, 0.29) is 42.8 Å². The summed E-state index contributed by atoms with van der Waals surface area (Å²) in [5.74, 6) is -0.377. The molecule has 0 saturated carbocycles. The standard InChI is InChI=1S/C17H18F3N3O.2ClH/c18-17(19,20)15-7-6-14(12-22-15)16(24)23(11-9-21)10-8-13-4-2-1-3-5-13;;/h1-7,12H,8-11,21H2;2*1H. The first-order chi connectivity index (χ1) is 11.4. The lowest BCUT2D eigenvalue weighted by Crippen LogP contribution is -2.37. The molecular weight excluding hydrogens is 390 g/mol. The van der Waals surface area contributed by atoms with Crippen molar-refractivity contribution < 1.29 is 18.0 Å². The van der Waals surface area contributed by atoms with Crippen LogP contribution in [0.3, 0.4) is 0 Å². The van der Waals surface area contributed by atoms with E-state index in [1.165, 1.54) is 4.90 Å². The fourth-order valence-corrected chi connectivity index (χ4v) is 2.25. The molecule has 2 rings (SSSR count). The Bertz CT molecular complexity index is 667. The molecule has 0 aliphatic rings. The minimum atomic E-state index is -4.52. The van der Waals surface area contributed by atoms with Crippen LogP contribution in [0.25, 0.3) is 0 Å². The molecule has 0 fully saturated rings. The van der Waals surface area contributed by atoms with Gasteiger partial charge in [0.2, 0.25) is 0 Å². The van der Waals surface area contributed by atoms with Crippen molar-refractivity contribution in [1.29, 1.82) is 0 Å². The van der Waals surface area contributed by atoms with Gasteiger partial charge in [-0.15, -0.1) is 24.8 Å². The van der Waals surface area contributed by atoms with Crippen LogP contribution in [0.1, 0.15) is 21.6 Å². The van der Waals surface area contributed by atoms with Crippen molar-refractivity contribution in [1.82, 2.24) is 9.88 Å². The van der Waals surface area contributed by atoms with E-state index in [1.54, 1.807) is 0 Å². The largest absolute Gasteiger partial charge is 0.433 e. The van der Waals surface area contributed by atoms with E-state index in [4.69, 9.17) is 5.73 Å². The quantitative estimate of drug-likeness (QED) is 0.792. The van der Waals surface area contributed by atoms with Crippen LogP contribution in [0.4, 0.5) is 13.2 Å². The topological polar surface area (TPSA) is 59.2 Å². The lowest BCUT2D eigenvalue weighted by molar-refractivity contribution is -0.141. The summed E-state index contributed by atoms with van der Waals surface area (Å²) < 4.78 is 37.6. The highest BCUT2D eigenvalue weighted by molar-refractivity contribution is 5.94. The number of aromatic nitrogens is 1. The zero-order valence-electron chi connectivity index (χ0n) is 13.8. The van der Waals surface area contributed by atoms with E-state index < -0.39 is 11.9 Å². The Labute approximate surface area is 162 Å². The number of carbonyl (C=O) groups is 1. The molecule has 1 amide bonds. The average Bonchev–Trinajstić information content (AvgIpc) is 2.58. The van der Waals surface area contributed by atoms with Gasteiger partial charge in [-0.1, -0.05) is 30.3 Å². The predicted molar refractivity (Wildman–Crippen MR) is 98.8 cm³/mol. The number of benzene rings is 1. The highest BCUT2D eigenvalue weighted by Crippen LogP contribution is 2.27. The highest BCUT2D eigenvalue weighted by Gasteiger charge is 2.32. The number of nitrogens with two attached hydrogens (primary N) is 1. The van der Waals surface area contributed by atoms with Crippen LogP contribution < -0.4 is 5.73 Å². The van der Waals surface area contributed by atoms with Crippen LogP contribution in [0.15, 0.2) is 48.7 Å². The first-order valence-corrected chi connectivity index (χ1v) is 7.48. The van der Waals surface area contributed by atoms with Crippen molar-refractivity contribution in [2.75, 3.05) is 19.6 Å². The lowest BCUT2D eigenvalue weighted by atomic mass is 10.1. The fourth-order valence-electron chi connectivity index (χ4n) is 2.25. The lowest BCUT2D eigenvalue weighted by Gasteiger charge is -2.22. The van der Waals surface area contributed by atoms with Crippen LogP contribution in [0.5, 0.6) is 0 Å². The summed E-state index contributed by atoms with van der Waals surface area (Å²) >= 11 is 0. The first-order valence-electron chi connectivity index (χ1n) is 7.48. The molecule has 1 aromatic carbocycles. The molecule has 1 aromatic heterocycles. The number of pyridine rings is 1. The third-order valence-corrected chi connectivity index (χ3v) is 3.50. The van der Waals surface area contributed by atoms with Gasteiger partial charge in [0.05, 0.1) is 5.56 Å². The predicted octanol–water partition coefficient (Wildman–Crippen LogP) is 3.59. The molecule has 0 spiro atoms. The summed E-state index contributed by atoms with van der Waals surface area (Å²) in [5.41, 5.74) is 5.70. The molecule has 0 saturated heterocycles. The molecular formula is C17H20Cl2F3N3O. The minimum Gasteiger partial charge on any atom is -0.337 e. The van der Waals surface area contributed by atoms with E-state index in [1.807, 2.05) is 30.3 Å². The molecule has 0 aliphatic carbocycles. The molecule has 1 heterocycles. The van der Waals surface area contributed by atoms with Gasteiger partial charge in [0, 0.05) is 25.8 Å². The molecule has 26 heavy (non-hydrogen) atoms. The normalized spacial score (nSPS) is 10.5. The van der Waals surface area contributed by atoms with Gasteiger partial charge >= 0.3 is 6.18 Å². The van der Waals surface area contributed by atoms with E-state index in [0.717, 1.165) is 23.9 Å². The number of carbonyl (C=O) groups excluding carboxylic acids is 1. The summed E-state index contributed by atoms with van der Waals surface area (Å²) in [6, 6.07) is 11.6. The smallest absolute Gasteiger partial charge is 0.337 e. The summed E-state index contributed by atoms with van der Waals surface area (Å²) in [5, 5.41) is 0. The molecule has 2 N–H and O–H groups in total. The van der Waals surface area contributed by atoms with Crippen molar-refractivity contribution in [3.63, 3.8) is 0 Å². The van der Waals surface area contributed by atoms with Crippen molar-refractivity contribution in [3.05, 3.63) is 65.5 Å². The summed E-state index contributed by atoms with van der Waals surface area (Å²) in [4.78, 5) is 17.3. The maximum absolute atomic E-state index is 12.5. The summed E-state index contributed by atoms with van der Waals surface area (Å²) in [6.45, 7) is 1.03. The molecule has 144 valence electrons. The third-order valence-electron chi connectivity index (χ3n) is 3.50. The van der Waals surface area contributed by atoms with E-state index in [2.05, 4.69) is 4.98 Å². The molecule has 0 atom stereocenters. The number of alkyl halides is 3. The second kappa shape index (κ2) is 11.0. The van der Waals surface area contributed by atoms with Crippen LogP contribution in [-0.2, 0) is 12.6 Å². The second-order valence-corrected chi connectivity index (χ2v) is 5.25. The average molecular weight is 410 g/mol. The molecule has 4 nitrogen and oxygen atoms in total. The van der Waals surface area contributed by atoms with Gasteiger partial charge in [-0.25, -0.2) is 0 Å². The van der Waals surface area contributed by atoms with Crippen LogP contribution >= 0.6 is 24.8 Å². The molecule has 2 aromatic rings. The number of rotatable bonds is 6. The maximum Gasteiger partial charge on any atom is 0.433 e. The molecule has 9 heteroatoms. The molecule has 0 unspecified atom stereocenters. The van der Waals surface area contributed by atoms with E-state index in [0.29, 0.717) is 19.5 Å². The Hall–Kier alpha value is -1.83. The maximum atomic E-state index is 12.5. The summed E-state index contributed by atoms with van der Waals surface area (Å²) in [7, 11) is 0. The van der Waals surface area contributed by atoms with Crippen molar-refractivity contribution >= 4 is 30.7 Å². The van der Waals surface area contributed by atoms with Crippen molar-refractivity contribution in [3.8, 4) is 0 Å². The number of amides is 1. The van der Waals surface area contributed by atoms with Crippen LogP contribution in [-0.4, -0.2) is 35.4 Å². The van der Waals surface area contributed by atoms with Gasteiger partial charge in [-0.2, -0.15) is 13.2 Å². The van der Waals surface area contributed by atoms with Crippen LogP contribution in [0.2, 0.25) is 0 Å². The molecule has 0 bridgehead atoms. The SMILES string of the molecule is Cl.Cl.NCCN(CCc1ccccc1)C(=O)c1ccc(C(F)(F)F)nc1. The number of nitrogens with zero attached hydrogens (tertiary/aromatic N) is 2. The van der Waals surface area contributed by atoms with Crippen molar-refractivity contribution in [2.24, 2.45) is 5.73 Å². The zero-order chi connectivity index (χ0) is 17.6. The number of halogens is 5. The molecule has 0 radical (unpaired) electrons. The zero-order valence-corrected chi connectivity index (χ0v) is 15.4. The van der Waals surface area contributed by atoms with E-state index in [9.17, 15) is 18.0 Å². The Morgan fingerprint density at radius 2 is 1.69 bits per heavy atom. The highest BCUT2D eigenvalue weighted by atomic mass is 35.5. The second-order valence-electron chi connectivity index (χ2n) is 5.25. The molecule has 0 aliphatic heterocycles. The number of hydrogen-bond donors (Lipinski definition) is 1. The Kier molecular flexibility index (Phi) is 10.2. The van der Waals surface area contributed by atoms with E-state index >= 15 is 0 Å². The van der Waals surface area contributed by atoms with Gasteiger partial charge in [0.25, 0.3) is 5.91 Å². The van der Waals surface area contributed by atoms with Gasteiger partial charge in [0.1, 0.15) is 5.69 Å². The monoisotopic (exact) mass is 409 g/mol. The van der Waals surface area contributed by atoms with Gasteiger partial charge in [-0.05, 0) is 24.1 Å². The summed E-state index contributed by atoms with van der Waals surface area (Å²) in [6.07, 6.45) is -2.93.